The molecule has 9 nitrogen and oxygen atoms in total. The standard InChI is InChI=1S/C17H19ClFN5O2.C2HF3O2/c18-13-4-3-11(6-14(13)19)24-8-12(15(9-24)23-17(20)26)16(25)22-10-2-1-5-21-7-10;3-2(4,5)1(6)7/h3-4,6,8-10,21H,1-2,5,7H2,(H,22,25)(H3,20,23,26);(H,6,7)/t10-;/m0./s1. The molecule has 0 aliphatic carbocycles. The zero-order valence-corrected chi connectivity index (χ0v) is 17.6. The SMILES string of the molecule is NC(=O)Nc1cn(-c2ccc(Cl)c(F)c2)cc1C(=O)N[C@H]1CCCNC1.O=C(O)C(F)(F)F. The highest BCUT2D eigenvalue weighted by atomic mass is 35.5. The maximum absolute atomic E-state index is 13.7. The maximum atomic E-state index is 13.7. The van der Waals surface area contributed by atoms with Gasteiger partial charge in [0.05, 0.1) is 16.3 Å². The topological polar surface area (TPSA) is 138 Å². The highest BCUT2D eigenvalue weighted by Gasteiger charge is 2.38. The number of hydrogen-bond donors (Lipinski definition) is 5. The van der Waals surface area contributed by atoms with Crippen molar-refractivity contribution in [2.75, 3.05) is 18.4 Å². The number of alkyl halides is 3. The predicted molar refractivity (Wildman–Crippen MR) is 111 cm³/mol. The third-order valence-electron chi connectivity index (χ3n) is 4.40. The maximum Gasteiger partial charge on any atom is 0.490 e. The summed E-state index contributed by atoms with van der Waals surface area (Å²) in [6.45, 7) is 1.62. The van der Waals surface area contributed by atoms with Crippen LogP contribution in [0, 0.1) is 5.82 Å². The summed E-state index contributed by atoms with van der Waals surface area (Å²) >= 11 is 5.70. The zero-order chi connectivity index (χ0) is 24.8. The van der Waals surface area contributed by atoms with Gasteiger partial charge in [0.1, 0.15) is 5.82 Å². The van der Waals surface area contributed by atoms with Gasteiger partial charge in [-0.3, -0.25) is 4.79 Å². The van der Waals surface area contributed by atoms with E-state index in [1.165, 1.54) is 29.1 Å². The number of hydrogen-bond acceptors (Lipinski definition) is 4. The summed E-state index contributed by atoms with van der Waals surface area (Å²) in [7, 11) is 0. The summed E-state index contributed by atoms with van der Waals surface area (Å²) in [5.74, 6) is -3.68. The number of nitrogens with one attached hydrogen (secondary N) is 3. The molecule has 3 rings (SSSR count). The summed E-state index contributed by atoms with van der Waals surface area (Å²) in [6.07, 6.45) is -0.218. The van der Waals surface area contributed by atoms with E-state index in [-0.39, 0.29) is 28.2 Å². The molecule has 0 radical (unpaired) electrons. The number of piperidine rings is 1. The first-order chi connectivity index (χ1) is 15.4. The van der Waals surface area contributed by atoms with Crippen LogP contribution < -0.4 is 21.7 Å². The van der Waals surface area contributed by atoms with Gasteiger partial charge >= 0.3 is 18.2 Å². The number of carbonyl (C=O) groups excluding carboxylic acids is 2. The van der Waals surface area contributed by atoms with Crippen molar-refractivity contribution in [2.45, 2.75) is 25.1 Å². The minimum atomic E-state index is -5.08. The number of urea groups is 1. The molecule has 2 aromatic rings. The second-order valence-electron chi connectivity index (χ2n) is 6.90. The smallest absolute Gasteiger partial charge is 0.475 e. The molecule has 1 atom stereocenters. The van der Waals surface area contributed by atoms with Crippen molar-refractivity contribution in [3.05, 3.63) is 47.0 Å². The van der Waals surface area contributed by atoms with Gasteiger partial charge in [0.25, 0.3) is 5.91 Å². The first kappa shape index (κ1) is 25.9. The average molecular weight is 494 g/mol. The molecule has 0 spiro atoms. The molecule has 0 unspecified atom stereocenters. The molecule has 0 bridgehead atoms. The molecule has 2 heterocycles. The Kier molecular flexibility index (Phi) is 8.65. The fourth-order valence-electron chi connectivity index (χ4n) is 2.90. The number of carboxylic acid groups (broad SMARTS) is 1. The highest BCUT2D eigenvalue weighted by molar-refractivity contribution is 6.30. The minimum Gasteiger partial charge on any atom is -0.475 e. The van der Waals surface area contributed by atoms with E-state index in [1.807, 2.05) is 0 Å². The second-order valence-corrected chi connectivity index (χ2v) is 7.31. The number of amides is 3. The second kappa shape index (κ2) is 11.0. The predicted octanol–water partition coefficient (Wildman–Crippen LogP) is 2.88. The molecule has 1 aliphatic heterocycles. The first-order valence-electron chi connectivity index (χ1n) is 9.44. The van der Waals surface area contributed by atoms with E-state index >= 15 is 0 Å². The molecule has 1 aliphatic rings. The number of carbonyl (C=O) groups is 3. The third-order valence-corrected chi connectivity index (χ3v) is 4.71. The van der Waals surface area contributed by atoms with Gasteiger partial charge < -0.3 is 31.4 Å². The number of nitrogens with two attached hydrogens (primary N) is 1. The van der Waals surface area contributed by atoms with E-state index in [0.717, 1.165) is 19.4 Å². The number of halogens is 5. The molecule has 1 aromatic heterocycles. The number of nitrogens with zero attached hydrogens (tertiary/aromatic N) is 1. The van der Waals surface area contributed by atoms with Gasteiger partial charge in [-0.25, -0.2) is 14.0 Å². The van der Waals surface area contributed by atoms with Gasteiger partial charge in [-0.05, 0) is 37.6 Å². The Balaban J connectivity index is 0.000000479. The molecule has 6 N–H and O–H groups in total. The summed E-state index contributed by atoms with van der Waals surface area (Å²) in [6, 6.07) is 3.48. The van der Waals surface area contributed by atoms with Gasteiger partial charge in [0, 0.05) is 30.7 Å². The van der Waals surface area contributed by atoms with E-state index in [2.05, 4.69) is 16.0 Å². The van der Waals surface area contributed by atoms with Crippen LogP contribution in [0.5, 0.6) is 0 Å². The third kappa shape index (κ3) is 7.64. The molecule has 14 heteroatoms. The van der Waals surface area contributed by atoms with Crippen molar-refractivity contribution in [1.82, 2.24) is 15.2 Å². The lowest BCUT2D eigenvalue weighted by Gasteiger charge is -2.23. The average Bonchev–Trinajstić information content (AvgIpc) is 3.14. The number of primary amides is 1. The fraction of sp³-hybridized carbons (Fsp3) is 0.316. The lowest BCUT2D eigenvalue weighted by Crippen LogP contribution is -2.45. The number of carboxylic acids is 1. The Bertz CT molecular complexity index is 1020. The van der Waals surface area contributed by atoms with Gasteiger partial charge in [-0.2, -0.15) is 13.2 Å². The minimum absolute atomic E-state index is 0.000782. The number of rotatable bonds is 4. The van der Waals surface area contributed by atoms with Crippen LogP contribution in [0.4, 0.5) is 28.0 Å². The van der Waals surface area contributed by atoms with Crippen molar-refractivity contribution in [1.29, 1.82) is 0 Å². The Hall–Kier alpha value is -3.32. The zero-order valence-electron chi connectivity index (χ0n) is 16.9. The van der Waals surface area contributed by atoms with Gasteiger partial charge in [0.15, 0.2) is 0 Å². The van der Waals surface area contributed by atoms with Crippen molar-refractivity contribution < 1.29 is 37.1 Å². The van der Waals surface area contributed by atoms with Crippen LogP contribution in [-0.4, -0.2) is 52.9 Å². The van der Waals surface area contributed by atoms with Crippen molar-refractivity contribution in [2.24, 2.45) is 5.73 Å². The molecular formula is C19H20ClF4N5O4. The highest BCUT2D eigenvalue weighted by Crippen LogP contribution is 2.24. The number of aliphatic carboxylic acids is 1. The van der Waals surface area contributed by atoms with Gasteiger partial charge in [0.2, 0.25) is 0 Å². The van der Waals surface area contributed by atoms with Crippen LogP contribution in [0.15, 0.2) is 30.6 Å². The van der Waals surface area contributed by atoms with E-state index in [1.54, 1.807) is 6.07 Å². The van der Waals surface area contributed by atoms with Crippen LogP contribution in [-0.2, 0) is 4.79 Å². The van der Waals surface area contributed by atoms with Crippen LogP contribution in [0.1, 0.15) is 23.2 Å². The van der Waals surface area contributed by atoms with Crippen molar-refractivity contribution in [3.63, 3.8) is 0 Å². The Morgan fingerprint density at radius 2 is 1.91 bits per heavy atom. The molecular weight excluding hydrogens is 474 g/mol. The Morgan fingerprint density at radius 3 is 2.42 bits per heavy atom. The molecule has 1 aromatic carbocycles. The normalized spacial score (nSPS) is 15.7. The molecule has 1 fully saturated rings. The molecule has 33 heavy (non-hydrogen) atoms. The van der Waals surface area contributed by atoms with Crippen molar-refractivity contribution >= 4 is 35.2 Å². The first-order valence-corrected chi connectivity index (χ1v) is 9.82. The van der Waals surface area contributed by atoms with Crippen LogP contribution in [0.2, 0.25) is 5.02 Å². The number of benzene rings is 1. The molecule has 0 saturated carbocycles. The van der Waals surface area contributed by atoms with Crippen LogP contribution >= 0.6 is 11.6 Å². The summed E-state index contributed by atoms with van der Waals surface area (Å²) < 4.78 is 47.0. The lowest BCUT2D eigenvalue weighted by atomic mass is 10.1. The van der Waals surface area contributed by atoms with Crippen LogP contribution in [0.25, 0.3) is 5.69 Å². The molecule has 180 valence electrons. The summed E-state index contributed by atoms with van der Waals surface area (Å²) in [5.41, 5.74) is 6.13. The molecule has 3 amide bonds. The summed E-state index contributed by atoms with van der Waals surface area (Å²) in [5, 5.41) is 15.7. The van der Waals surface area contributed by atoms with E-state index in [4.69, 9.17) is 27.2 Å². The Labute approximate surface area is 189 Å². The van der Waals surface area contributed by atoms with Gasteiger partial charge in [-0.15, -0.1) is 0 Å². The fourth-order valence-corrected chi connectivity index (χ4v) is 3.02. The molecule has 1 saturated heterocycles. The largest absolute Gasteiger partial charge is 0.490 e. The lowest BCUT2D eigenvalue weighted by molar-refractivity contribution is -0.192. The number of aromatic nitrogens is 1. The van der Waals surface area contributed by atoms with E-state index in [9.17, 15) is 27.2 Å². The van der Waals surface area contributed by atoms with E-state index in [0.29, 0.717) is 12.2 Å². The quantitative estimate of drug-likeness (QED) is 0.417. The van der Waals surface area contributed by atoms with E-state index < -0.39 is 24.0 Å². The van der Waals surface area contributed by atoms with Crippen molar-refractivity contribution in [3.8, 4) is 5.69 Å². The monoisotopic (exact) mass is 493 g/mol. The Morgan fingerprint density at radius 1 is 1.24 bits per heavy atom. The number of anilines is 1. The van der Waals surface area contributed by atoms with Crippen LogP contribution in [0.3, 0.4) is 0 Å². The van der Waals surface area contributed by atoms with Gasteiger partial charge in [-0.1, -0.05) is 11.6 Å². The summed E-state index contributed by atoms with van der Waals surface area (Å²) in [4.78, 5) is 32.8.